The van der Waals surface area contributed by atoms with Crippen LogP contribution in [0.25, 0.3) is 10.6 Å². The van der Waals surface area contributed by atoms with Crippen molar-refractivity contribution in [2.75, 3.05) is 11.9 Å². The van der Waals surface area contributed by atoms with Crippen LogP contribution in [-0.4, -0.2) is 23.2 Å². The number of anilines is 1. The summed E-state index contributed by atoms with van der Waals surface area (Å²) in [6.07, 6.45) is 0.358. The van der Waals surface area contributed by atoms with Gasteiger partial charge in [0.25, 0.3) is 0 Å². The summed E-state index contributed by atoms with van der Waals surface area (Å²) in [5.74, 6) is 0.00260. The van der Waals surface area contributed by atoms with E-state index in [4.69, 9.17) is 0 Å². The lowest BCUT2D eigenvalue weighted by Gasteiger charge is -2.12. The van der Waals surface area contributed by atoms with Gasteiger partial charge in [0.15, 0.2) is 0 Å². The van der Waals surface area contributed by atoms with Crippen LogP contribution in [0.5, 0.6) is 0 Å². The van der Waals surface area contributed by atoms with E-state index in [-0.39, 0.29) is 5.91 Å². The highest BCUT2D eigenvalue weighted by molar-refractivity contribution is 7.18. The van der Waals surface area contributed by atoms with Crippen molar-refractivity contribution in [3.63, 3.8) is 0 Å². The second-order valence-corrected chi connectivity index (χ2v) is 6.33. The fourth-order valence-electron chi connectivity index (χ4n) is 2.16. The standard InChI is InChI=1S/C18H17N3OS/c1-13-8-10-15(11-9-13)17-19-20-18(23-17)21(2)16(22)12-14-6-4-3-5-7-14/h3-11H,12H2,1-2H3. The second-order valence-electron chi connectivity index (χ2n) is 5.37. The number of aromatic nitrogens is 2. The van der Waals surface area contributed by atoms with Crippen LogP contribution in [0.3, 0.4) is 0 Å². The van der Waals surface area contributed by atoms with Gasteiger partial charge in [0.05, 0.1) is 6.42 Å². The van der Waals surface area contributed by atoms with Crippen molar-refractivity contribution in [1.82, 2.24) is 10.2 Å². The maximum absolute atomic E-state index is 12.4. The van der Waals surface area contributed by atoms with Crippen molar-refractivity contribution < 1.29 is 4.79 Å². The third-order valence-corrected chi connectivity index (χ3v) is 4.62. The summed E-state index contributed by atoms with van der Waals surface area (Å²) in [5, 5.41) is 9.78. The predicted octanol–water partition coefficient (Wildman–Crippen LogP) is 3.72. The van der Waals surface area contributed by atoms with Crippen molar-refractivity contribution >= 4 is 22.4 Å². The lowest BCUT2D eigenvalue weighted by molar-refractivity contribution is -0.117. The zero-order valence-corrected chi connectivity index (χ0v) is 13.9. The Morgan fingerprint density at radius 2 is 1.74 bits per heavy atom. The highest BCUT2D eigenvalue weighted by Gasteiger charge is 2.16. The van der Waals surface area contributed by atoms with Gasteiger partial charge in [-0.2, -0.15) is 0 Å². The van der Waals surface area contributed by atoms with Crippen LogP contribution in [0.2, 0.25) is 0 Å². The average molecular weight is 323 g/mol. The zero-order chi connectivity index (χ0) is 16.2. The predicted molar refractivity (Wildman–Crippen MR) is 93.6 cm³/mol. The molecule has 0 aliphatic carbocycles. The molecule has 0 unspecified atom stereocenters. The van der Waals surface area contributed by atoms with E-state index in [0.717, 1.165) is 16.1 Å². The molecule has 5 heteroatoms. The highest BCUT2D eigenvalue weighted by Crippen LogP contribution is 2.28. The molecule has 0 N–H and O–H groups in total. The van der Waals surface area contributed by atoms with Gasteiger partial charge in [-0.25, -0.2) is 0 Å². The Hall–Kier alpha value is -2.53. The molecule has 3 rings (SSSR count). The molecule has 0 atom stereocenters. The largest absolute Gasteiger partial charge is 0.290 e. The van der Waals surface area contributed by atoms with Gasteiger partial charge < -0.3 is 0 Å². The number of carbonyl (C=O) groups excluding carboxylic acids is 1. The van der Waals surface area contributed by atoms with E-state index < -0.39 is 0 Å². The minimum atomic E-state index is 0.00260. The number of likely N-dealkylation sites (N-methyl/N-ethyl adjacent to an activating group) is 1. The monoisotopic (exact) mass is 323 g/mol. The van der Waals surface area contributed by atoms with Crippen LogP contribution in [0.4, 0.5) is 5.13 Å². The first-order valence-electron chi connectivity index (χ1n) is 7.34. The molecule has 0 saturated heterocycles. The summed E-state index contributed by atoms with van der Waals surface area (Å²) in [4.78, 5) is 13.9. The number of nitrogens with zero attached hydrogens (tertiary/aromatic N) is 3. The van der Waals surface area contributed by atoms with Gasteiger partial charge in [0.2, 0.25) is 11.0 Å². The smallest absolute Gasteiger partial charge is 0.232 e. The molecule has 2 aromatic carbocycles. The number of benzene rings is 2. The molecule has 0 aliphatic heterocycles. The Bertz CT molecular complexity index is 797. The molecule has 1 amide bonds. The van der Waals surface area contributed by atoms with Crippen LogP contribution >= 0.6 is 11.3 Å². The Labute approximate surface area is 139 Å². The zero-order valence-electron chi connectivity index (χ0n) is 13.1. The molecule has 23 heavy (non-hydrogen) atoms. The summed E-state index contributed by atoms with van der Waals surface area (Å²) in [6, 6.07) is 17.8. The SMILES string of the molecule is Cc1ccc(-c2nnc(N(C)C(=O)Cc3ccccc3)s2)cc1. The Morgan fingerprint density at radius 3 is 2.43 bits per heavy atom. The van der Waals surface area contributed by atoms with Crippen molar-refractivity contribution in [2.45, 2.75) is 13.3 Å². The summed E-state index contributed by atoms with van der Waals surface area (Å²) in [7, 11) is 1.74. The molecule has 1 aromatic heterocycles. The molecular weight excluding hydrogens is 306 g/mol. The molecule has 1 heterocycles. The van der Waals surface area contributed by atoms with Gasteiger partial charge in [-0.1, -0.05) is 71.5 Å². The van der Waals surface area contributed by atoms with Gasteiger partial charge in [0, 0.05) is 12.6 Å². The third-order valence-electron chi connectivity index (χ3n) is 3.57. The lowest BCUT2D eigenvalue weighted by atomic mass is 10.1. The van der Waals surface area contributed by atoms with Gasteiger partial charge in [-0.15, -0.1) is 10.2 Å². The number of aryl methyl sites for hydroxylation is 1. The molecule has 4 nitrogen and oxygen atoms in total. The molecule has 0 bridgehead atoms. The number of amides is 1. The molecule has 0 aliphatic rings. The van der Waals surface area contributed by atoms with E-state index in [0.29, 0.717) is 11.6 Å². The first-order valence-corrected chi connectivity index (χ1v) is 8.16. The maximum atomic E-state index is 12.4. The molecule has 0 radical (unpaired) electrons. The van der Waals surface area contributed by atoms with Gasteiger partial charge in [-0.05, 0) is 12.5 Å². The fraction of sp³-hybridized carbons (Fsp3) is 0.167. The Kier molecular flexibility index (Phi) is 4.48. The fourth-order valence-corrected chi connectivity index (χ4v) is 2.99. The number of hydrogen-bond acceptors (Lipinski definition) is 4. The van der Waals surface area contributed by atoms with Crippen molar-refractivity contribution in [1.29, 1.82) is 0 Å². The number of rotatable bonds is 4. The van der Waals surface area contributed by atoms with Crippen molar-refractivity contribution in [3.8, 4) is 10.6 Å². The minimum Gasteiger partial charge on any atom is -0.290 e. The van der Waals surface area contributed by atoms with E-state index in [1.807, 2.05) is 61.5 Å². The molecular formula is C18H17N3OS. The van der Waals surface area contributed by atoms with Crippen LogP contribution in [-0.2, 0) is 11.2 Å². The average Bonchev–Trinajstić information content (AvgIpc) is 3.05. The summed E-state index contributed by atoms with van der Waals surface area (Å²) in [5.41, 5.74) is 3.21. The topological polar surface area (TPSA) is 46.1 Å². The van der Waals surface area contributed by atoms with Crippen LogP contribution in [0, 0.1) is 6.92 Å². The van der Waals surface area contributed by atoms with Crippen LogP contribution in [0.15, 0.2) is 54.6 Å². The first kappa shape index (κ1) is 15.4. The first-order chi connectivity index (χ1) is 11.1. The van der Waals surface area contributed by atoms with E-state index in [1.54, 1.807) is 11.9 Å². The van der Waals surface area contributed by atoms with Gasteiger partial charge in [0.1, 0.15) is 5.01 Å². The van der Waals surface area contributed by atoms with Crippen molar-refractivity contribution in [2.24, 2.45) is 0 Å². The lowest BCUT2D eigenvalue weighted by Crippen LogP contribution is -2.27. The minimum absolute atomic E-state index is 0.00260. The summed E-state index contributed by atoms with van der Waals surface area (Å²) >= 11 is 1.42. The van der Waals surface area contributed by atoms with E-state index >= 15 is 0 Å². The Morgan fingerprint density at radius 1 is 1.04 bits per heavy atom. The molecule has 0 spiro atoms. The van der Waals surface area contributed by atoms with E-state index in [1.165, 1.54) is 16.9 Å². The maximum Gasteiger partial charge on any atom is 0.232 e. The normalized spacial score (nSPS) is 10.5. The molecule has 116 valence electrons. The Balaban J connectivity index is 1.74. The van der Waals surface area contributed by atoms with Gasteiger partial charge in [-0.3, -0.25) is 9.69 Å². The van der Waals surface area contributed by atoms with E-state index in [2.05, 4.69) is 10.2 Å². The van der Waals surface area contributed by atoms with E-state index in [9.17, 15) is 4.79 Å². The number of carbonyl (C=O) groups is 1. The summed E-state index contributed by atoms with van der Waals surface area (Å²) in [6.45, 7) is 2.05. The summed E-state index contributed by atoms with van der Waals surface area (Å²) < 4.78 is 0. The molecule has 0 fully saturated rings. The van der Waals surface area contributed by atoms with Crippen LogP contribution < -0.4 is 4.90 Å². The highest BCUT2D eigenvalue weighted by atomic mass is 32.1. The quantitative estimate of drug-likeness (QED) is 0.735. The molecule has 0 saturated carbocycles. The number of hydrogen-bond donors (Lipinski definition) is 0. The molecule has 3 aromatic rings. The second kappa shape index (κ2) is 6.71. The third kappa shape index (κ3) is 3.63. The van der Waals surface area contributed by atoms with Gasteiger partial charge >= 0.3 is 0 Å². The van der Waals surface area contributed by atoms with Crippen LogP contribution in [0.1, 0.15) is 11.1 Å². The van der Waals surface area contributed by atoms with Crippen molar-refractivity contribution in [3.05, 3.63) is 65.7 Å².